The van der Waals surface area contributed by atoms with Gasteiger partial charge in [-0.05, 0) is 49.5 Å². The zero-order chi connectivity index (χ0) is 22.6. The normalized spacial score (nSPS) is 11.0. The number of rotatable bonds is 12. The standard InChI is InChI=1S/C26H28N2O4/c1-2-31-25(30)17-15-21-14-16-22(27-18-21)24-19-28-26(32-24)23(29)13-9-4-3-6-10-20-11-7-5-8-12-20/h5,7-8,11-12,14-19H,2-4,6,9-10,13H2,1H3/b17-15+. The molecule has 166 valence electrons. The Bertz CT molecular complexity index is 1020. The lowest BCUT2D eigenvalue weighted by molar-refractivity contribution is -0.137. The molecule has 6 nitrogen and oxygen atoms in total. The van der Waals surface area contributed by atoms with Crippen LogP contribution in [-0.4, -0.2) is 28.3 Å². The number of Topliss-reactive ketones (excluding diaryl/α,β-unsaturated/α-hetero) is 1. The van der Waals surface area contributed by atoms with Crippen molar-refractivity contribution in [2.45, 2.75) is 45.4 Å². The van der Waals surface area contributed by atoms with Crippen LogP contribution < -0.4 is 0 Å². The van der Waals surface area contributed by atoms with E-state index in [1.807, 2.05) is 6.07 Å². The third-order valence-electron chi connectivity index (χ3n) is 4.94. The number of hydrogen-bond donors (Lipinski definition) is 0. The summed E-state index contributed by atoms with van der Waals surface area (Å²) in [5, 5.41) is 0. The third kappa shape index (κ3) is 7.30. The molecule has 0 bridgehead atoms. The Kier molecular flexibility index (Phi) is 8.92. The number of ketones is 1. The highest BCUT2D eigenvalue weighted by Gasteiger charge is 2.14. The Balaban J connectivity index is 1.42. The van der Waals surface area contributed by atoms with Crippen LogP contribution in [0.25, 0.3) is 17.5 Å². The smallest absolute Gasteiger partial charge is 0.330 e. The van der Waals surface area contributed by atoms with Crippen LogP contribution in [0.3, 0.4) is 0 Å². The molecule has 0 amide bonds. The van der Waals surface area contributed by atoms with E-state index in [4.69, 9.17) is 9.15 Å². The second-order valence-electron chi connectivity index (χ2n) is 7.41. The number of aromatic nitrogens is 2. The number of carbonyl (C=O) groups excluding carboxylic acids is 2. The van der Waals surface area contributed by atoms with Crippen LogP contribution in [0.1, 0.15) is 60.8 Å². The number of pyridine rings is 1. The predicted molar refractivity (Wildman–Crippen MR) is 123 cm³/mol. The molecule has 0 fully saturated rings. The highest BCUT2D eigenvalue weighted by molar-refractivity contribution is 5.92. The monoisotopic (exact) mass is 432 g/mol. The summed E-state index contributed by atoms with van der Waals surface area (Å²) in [6.07, 6.45) is 11.7. The van der Waals surface area contributed by atoms with Crippen LogP contribution in [0.15, 0.2) is 65.4 Å². The minimum Gasteiger partial charge on any atom is -0.463 e. The number of hydrogen-bond acceptors (Lipinski definition) is 6. The van der Waals surface area contributed by atoms with Gasteiger partial charge in [-0.25, -0.2) is 9.78 Å². The lowest BCUT2D eigenvalue weighted by atomic mass is 10.0. The molecule has 0 saturated carbocycles. The summed E-state index contributed by atoms with van der Waals surface area (Å²) in [5.41, 5.74) is 2.68. The van der Waals surface area contributed by atoms with Gasteiger partial charge in [-0.3, -0.25) is 9.78 Å². The largest absolute Gasteiger partial charge is 0.463 e. The molecule has 3 aromatic rings. The summed E-state index contributed by atoms with van der Waals surface area (Å²) in [6, 6.07) is 14.0. The fourth-order valence-corrected chi connectivity index (χ4v) is 3.25. The molecule has 3 rings (SSSR count). The van der Waals surface area contributed by atoms with Gasteiger partial charge < -0.3 is 9.15 Å². The molecule has 0 saturated heterocycles. The van der Waals surface area contributed by atoms with Crippen molar-refractivity contribution in [3.63, 3.8) is 0 Å². The summed E-state index contributed by atoms with van der Waals surface area (Å²) in [7, 11) is 0. The second kappa shape index (κ2) is 12.3. The first kappa shape index (κ1) is 23.1. The van der Waals surface area contributed by atoms with Gasteiger partial charge in [0.15, 0.2) is 5.76 Å². The van der Waals surface area contributed by atoms with E-state index in [0.717, 1.165) is 37.7 Å². The van der Waals surface area contributed by atoms with Crippen molar-refractivity contribution in [2.24, 2.45) is 0 Å². The van der Waals surface area contributed by atoms with E-state index in [2.05, 4.69) is 34.2 Å². The van der Waals surface area contributed by atoms with E-state index >= 15 is 0 Å². The molecule has 1 aromatic carbocycles. The molecule has 0 aliphatic carbocycles. The summed E-state index contributed by atoms with van der Waals surface area (Å²) in [6.45, 7) is 2.09. The van der Waals surface area contributed by atoms with E-state index in [1.54, 1.807) is 31.3 Å². The highest BCUT2D eigenvalue weighted by Crippen LogP contribution is 2.20. The predicted octanol–water partition coefficient (Wildman–Crippen LogP) is 5.69. The Labute approximate surface area is 188 Å². The van der Waals surface area contributed by atoms with Crippen LogP contribution in [0.4, 0.5) is 0 Å². The number of carbonyl (C=O) groups is 2. The molecule has 32 heavy (non-hydrogen) atoms. The van der Waals surface area contributed by atoms with E-state index in [1.165, 1.54) is 17.8 Å². The Morgan fingerprint density at radius 2 is 1.78 bits per heavy atom. The van der Waals surface area contributed by atoms with Gasteiger partial charge in [-0.15, -0.1) is 0 Å². The van der Waals surface area contributed by atoms with Gasteiger partial charge >= 0.3 is 5.97 Å². The quantitative estimate of drug-likeness (QED) is 0.158. The van der Waals surface area contributed by atoms with Gasteiger partial charge in [0, 0.05) is 18.7 Å². The fraction of sp³-hybridized carbons (Fsp3) is 0.308. The van der Waals surface area contributed by atoms with E-state index in [-0.39, 0.29) is 11.7 Å². The minimum absolute atomic E-state index is 0.0895. The molecule has 2 heterocycles. The Morgan fingerprint density at radius 3 is 2.53 bits per heavy atom. The molecule has 0 N–H and O–H groups in total. The summed E-state index contributed by atoms with van der Waals surface area (Å²) in [5.74, 6) is 0.0777. The van der Waals surface area contributed by atoms with Crippen molar-refractivity contribution in [1.29, 1.82) is 0 Å². The zero-order valence-corrected chi connectivity index (χ0v) is 18.3. The van der Waals surface area contributed by atoms with Crippen molar-refractivity contribution >= 4 is 17.8 Å². The second-order valence-corrected chi connectivity index (χ2v) is 7.41. The third-order valence-corrected chi connectivity index (χ3v) is 4.94. The molecule has 0 aliphatic heterocycles. The molecular formula is C26H28N2O4. The van der Waals surface area contributed by atoms with Crippen molar-refractivity contribution in [1.82, 2.24) is 9.97 Å². The topological polar surface area (TPSA) is 82.3 Å². The number of nitrogens with zero attached hydrogens (tertiary/aromatic N) is 2. The lowest BCUT2D eigenvalue weighted by Gasteiger charge is -2.01. The van der Waals surface area contributed by atoms with Gasteiger partial charge in [0.2, 0.25) is 5.78 Å². The van der Waals surface area contributed by atoms with Crippen molar-refractivity contribution in [3.05, 3.63) is 78.0 Å². The van der Waals surface area contributed by atoms with Crippen LogP contribution in [0.2, 0.25) is 0 Å². The molecule has 0 unspecified atom stereocenters. The molecular weight excluding hydrogens is 404 g/mol. The minimum atomic E-state index is -0.397. The maximum Gasteiger partial charge on any atom is 0.330 e. The first-order valence-corrected chi connectivity index (χ1v) is 11.0. The highest BCUT2D eigenvalue weighted by atomic mass is 16.5. The first-order chi connectivity index (χ1) is 15.7. The van der Waals surface area contributed by atoms with E-state index in [9.17, 15) is 9.59 Å². The number of aryl methyl sites for hydroxylation is 1. The average molecular weight is 433 g/mol. The molecule has 0 atom stereocenters. The number of ether oxygens (including phenoxy) is 1. The van der Waals surface area contributed by atoms with Gasteiger partial charge in [-0.1, -0.05) is 49.2 Å². The van der Waals surface area contributed by atoms with Gasteiger partial charge in [0.25, 0.3) is 5.89 Å². The molecule has 6 heteroatoms. The summed E-state index contributed by atoms with van der Waals surface area (Å²) < 4.78 is 10.5. The molecule has 0 spiro atoms. The number of oxazole rings is 1. The van der Waals surface area contributed by atoms with Gasteiger partial charge in [0.1, 0.15) is 5.69 Å². The van der Waals surface area contributed by atoms with Crippen molar-refractivity contribution in [3.8, 4) is 11.5 Å². The van der Waals surface area contributed by atoms with Gasteiger partial charge in [0.05, 0.1) is 12.8 Å². The van der Waals surface area contributed by atoms with E-state index in [0.29, 0.717) is 24.5 Å². The van der Waals surface area contributed by atoms with Crippen LogP contribution in [0, 0.1) is 0 Å². The summed E-state index contributed by atoms with van der Waals surface area (Å²) in [4.78, 5) is 32.2. The Morgan fingerprint density at radius 1 is 0.969 bits per heavy atom. The zero-order valence-electron chi connectivity index (χ0n) is 18.3. The van der Waals surface area contributed by atoms with Crippen LogP contribution in [-0.2, 0) is 16.0 Å². The molecule has 0 radical (unpaired) electrons. The van der Waals surface area contributed by atoms with E-state index < -0.39 is 5.97 Å². The van der Waals surface area contributed by atoms with Crippen molar-refractivity contribution in [2.75, 3.05) is 6.61 Å². The SMILES string of the molecule is CCOC(=O)/C=C/c1ccc(-c2cnc(C(=O)CCCCCCc3ccccc3)o2)nc1. The van der Waals surface area contributed by atoms with Crippen LogP contribution in [0.5, 0.6) is 0 Å². The fourth-order valence-electron chi connectivity index (χ4n) is 3.25. The van der Waals surface area contributed by atoms with Gasteiger partial charge in [-0.2, -0.15) is 0 Å². The number of unbranched alkanes of at least 4 members (excludes halogenated alkanes) is 3. The number of esters is 1. The molecule has 2 aromatic heterocycles. The first-order valence-electron chi connectivity index (χ1n) is 11.0. The van der Waals surface area contributed by atoms with Crippen LogP contribution >= 0.6 is 0 Å². The maximum absolute atomic E-state index is 12.4. The molecule has 0 aliphatic rings. The average Bonchev–Trinajstić information content (AvgIpc) is 3.31. The summed E-state index contributed by atoms with van der Waals surface area (Å²) >= 11 is 0. The Hall–Kier alpha value is -3.54. The lowest BCUT2D eigenvalue weighted by Crippen LogP contribution is -1.99. The van der Waals surface area contributed by atoms with Crippen molar-refractivity contribution < 1.29 is 18.7 Å². The number of benzene rings is 1. The maximum atomic E-state index is 12.4.